The summed E-state index contributed by atoms with van der Waals surface area (Å²) in [7, 11) is 0. The van der Waals surface area contributed by atoms with Gasteiger partial charge in [-0.15, -0.1) is 6.58 Å². The van der Waals surface area contributed by atoms with Crippen LogP contribution in [0.4, 0.5) is 17.6 Å². The smallest absolute Gasteiger partial charge is 0.374 e. The third-order valence-electron chi connectivity index (χ3n) is 7.25. The minimum absolute atomic E-state index is 0.0154. The van der Waals surface area contributed by atoms with Crippen molar-refractivity contribution in [1.82, 2.24) is 25.2 Å². The van der Waals surface area contributed by atoms with Crippen molar-refractivity contribution in [2.75, 3.05) is 6.54 Å². The number of alkyl halides is 3. The second-order valence-electron chi connectivity index (χ2n) is 11.1. The van der Waals surface area contributed by atoms with Crippen molar-refractivity contribution >= 4 is 28.5 Å². The number of fused-ring (bicyclic) bond motifs is 1. The van der Waals surface area contributed by atoms with Crippen LogP contribution in [0.25, 0.3) is 28.0 Å². The normalized spacial score (nSPS) is 13.1. The number of benzene rings is 2. The molecule has 2 heterocycles. The number of rotatable bonds is 14. The van der Waals surface area contributed by atoms with Crippen molar-refractivity contribution in [3.63, 3.8) is 0 Å². The van der Waals surface area contributed by atoms with Crippen LogP contribution < -0.4 is 22.1 Å². The van der Waals surface area contributed by atoms with E-state index in [4.69, 9.17) is 22.7 Å². The van der Waals surface area contributed by atoms with E-state index in [1.807, 2.05) is 19.1 Å². The lowest BCUT2D eigenvalue weighted by Crippen LogP contribution is -2.34. The largest absolute Gasteiger partial charge is 0.395 e. The number of halogens is 5. The summed E-state index contributed by atoms with van der Waals surface area (Å²) in [5, 5.41) is 13.8. The van der Waals surface area contributed by atoms with Crippen molar-refractivity contribution in [1.29, 1.82) is 5.41 Å². The lowest BCUT2D eigenvalue weighted by Gasteiger charge is -2.16. The van der Waals surface area contributed by atoms with Gasteiger partial charge in [-0.2, -0.15) is 18.2 Å². The molecule has 6 N–H and O–H groups in total. The molecule has 0 fully saturated rings. The van der Waals surface area contributed by atoms with Crippen LogP contribution in [0.3, 0.4) is 0 Å². The van der Waals surface area contributed by atoms with Gasteiger partial charge in [0.15, 0.2) is 5.82 Å². The van der Waals surface area contributed by atoms with E-state index in [9.17, 15) is 18.0 Å². The van der Waals surface area contributed by atoms with Crippen LogP contribution in [-0.4, -0.2) is 45.2 Å². The molecule has 13 heteroatoms. The van der Waals surface area contributed by atoms with E-state index in [-0.39, 0.29) is 23.7 Å². The molecule has 0 aliphatic rings. The summed E-state index contributed by atoms with van der Waals surface area (Å²) >= 11 is 6.22. The quantitative estimate of drug-likeness (QED) is 0.0470. The summed E-state index contributed by atoms with van der Waals surface area (Å²) in [6, 6.07) is 12.2. The fourth-order valence-corrected chi connectivity index (χ4v) is 5.15. The second-order valence-corrected chi connectivity index (χ2v) is 11.5. The Labute approximate surface area is 263 Å². The second kappa shape index (κ2) is 14.9. The number of amidine groups is 1. The number of nitrogens with zero attached hydrogens (tertiary/aromatic N) is 2. The Hall–Kier alpha value is -4.00. The van der Waals surface area contributed by atoms with E-state index in [1.165, 1.54) is 4.57 Å². The molecule has 240 valence electrons. The van der Waals surface area contributed by atoms with Gasteiger partial charge in [0.25, 0.3) is 0 Å². The van der Waals surface area contributed by atoms with Gasteiger partial charge in [-0.3, -0.25) is 9.98 Å². The summed E-state index contributed by atoms with van der Waals surface area (Å²) in [6.07, 6.45) is 0.402. The number of nitrogens with one attached hydrogen (secondary N) is 4. The number of hydrogen-bond donors (Lipinski definition) is 5. The number of aromatic amines is 1. The lowest BCUT2D eigenvalue weighted by atomic mass is 10.0. The molecule has 2 aromatic heterocycles. The first kappa shape index (κ1) is 33.9. The van der Waals surface area contributed by atoms with E-state index < -0.39 is 29.9 Å². The van der Waals surface area contributed by atoms with Crippen molar-refractivity contribution in [3.8, 4) is 16.9 Å². The first-order chi connectivity index (χ1) is 21.3. The summed E-state index contributed by atoms with van der Waals surface area (Å²) in [5.41, 5.74) is 8.77. The molecule has 45 heavy (non-hydrogen) atoms. The SMILES string of the molecule is C=C[C@@H](CCNC(=N)CC(F)(F)F)NCc1ccc(-n2cc3cc(-c4cc(CCC[C@H](C)N)cc(Cl)c4F)[nH]c3nc2=O)cc1. The Morgan fingerprint density at radius 2 is 1.93 bits per heavy atom. The summed E-state index contributed by atoms with van der Waals surface area (Å²) < 4.78 is 53.7. The molecule has 0 saturated carbocycles. The highest BCUT2D eigenvalue weighted by Gasteiger charge is 2.29. The van der Waals surface area contributed by atoms with E-state index in [0.717, 1.165) is 24.0 Å². The topological polar surface area (TPSA) is 125 Å². The molecule has 0 aliphatic carbocycles. The molecule has 4 aromatic rings. The molecule has 0 aliphatic heterocycles. The van der Waals surface area contributed by atoms with Crippen LogP contribution in [0.2, 0.25) is 5.02 Å². The minimum atomic E-state index is -4.42. The molecule has 0 amide bonds. The van der Waals surface area contributed by atoms with Crippen molar-refractivity contribution < 1.29 is 17.6 Å². The van der Waals surface area contributed by atoms with E-state index in [2.05, 4.69) is 27.2 Å². The zero-order valence-corrected chi connectivity index (χ0v) is 25.5. The highest BCUT2D eigenvalue weighted by atomic mass is 35.5. The molecule has 0 bridgehead atoms. The van der Waals surface area contributed by atoms with Crippen LogP contribution >= 0.6 is 11.6 Å². The summed E-state index contributed by atoms with van der Waals surface area (Å²) in [6.45, 7) is 6.35. The van der Waals surface area contributed by atoms with E-state index in [1.54, 1.807) is 42.6 Å². The van der Waals surface area contributed by atoms with Crippen LogP contribution in [-0.2, 0) is 13.0 Å². The van der Waals surface area contributed by atoms with Gasteiger partial charge in [0.05, 0.1) is 16.4 Å². The molecule has 0 spiro atoms. The summed E-state index contributed by atoms with van der Waals surface area (Å²) in [5.74, 6) is -1.14. The Kier molecular flexibility index (Phi) is 11.2. The molecule has 2 atom stereocenters. The van der Waals surface area contributed by atoms with Crippen molar-refractivity contribution in [2.45, 2.75) is 63.8 Å². The van der Waals surface area contributed by atoms with Gasteiger partial charge in [-0.25, -0.2) is 9.18 Å². The number of aromatic nitrogens is 3. The Bertz CT molecular complexity index is 1700. The van der Waals surface area contributed by atoms with Gasteiger partial charge in [-0.05, 0) is 74.1 Å². The van der Waals surface area contributed by atoms with Crippen molar-refractivity contribution in [2.24, 2.45) is 5.73 Å². The zero-order valence-electron chi connectivity index (χ0n) is 24.8. The monoisotopic (exact) mass is 645 g/mol. The molecule has 4 rings (SSSR count). The van der Waals surface area contributed by atoms with E-state index in [0.29, 0.717) is 47.4 Å². The third-order valence-corrected chi connectivity index (χ3v) is 7.52. The predicted molar refractivity (Wildman–Crippen MR) is 171 cm³/mol. The average molecular weight is 646 g/mol. The van der Waals surface area contributed by atoms with Gasteiger partial charge in [0.2, 0.25) is 0 Å². The van der Waals surface area contributed by atoms with Gasteiger partial charge >= 0.3 is 11.9 Å². The fraction of sp³-hybridized carbons (Fsp3) is 0.344. The molecule has 0 radical (unpaired) electrons. The number of aryl methyl sites for hydroxylation is 1. The third kappa shape index (κ3) is 9.49. The average Bonchev–Trinajstić information content (AvgIpc) is 3.38. The molecule has 0 unspecified atom stereocenters. The number of hydrogen-bond acceptors (Lipinski definition) is 5. The molecule has 2 aromatic carbocycles. The van der Waals surface area contributed by atoms with E-state index >= 15 is 4.39 Å². The maximum atomic E-state index is 15.1. The van der Waals surface area contributed by atoms with Crippen LogP contribution in [0.1, 0.15) is 43.7 Å². The lowest BCUT2D eigenvalue weighted by molar-refractivity contribution is -0.121. The van der Waals surface area contributed by atoms with Crippen LogP contribution in [0.5, 0.6) is 0 Å². The minimum Gasteiger partial charge on any atom is -0.374 e. The molecular weight excluding hydrogens is 610 g/mol. The Balaban J connectivity index is 1.43. The highest BCUT2D eigenvalue weighted by molar-refractivity contribution is 6.31. The molecule has 0 saturated heterocycles. The zero-order chi connectivity index (χ0) is 32.7. The Morgan fingerprint density at radius 1 is 1.20 bits per heavy atom. The van der Waals surface area contributed by atoms with Gasteiger partial charge in [0.1, 0.15) is 17.9 Å². The fourth-order valence-electron chi connectivity index (χ4n) is 4.91. The predicted octanol–water partition coefficient (Wildman–Crippen LogP) is 6.40. The maximum absolute atomic E-state index is 15.1. The maximum Gasteiger partial charge on any atom is 0.395 e. The van der Waals surface area contributed by atoms with Crippen LogP contribution in [0.15, 0.2) is 66.1 Å². The molecular formula is C32H36ClF4N7O. The summed E-state index contributed by atoms with van der Waals surface area (Å²) in [4.78, 5) is 20.1. The van der Waals surface area contributed by atoms with Crippen molar-refractivity contribution in [3.05, 3.63) is 93.8 Å². The van der Waals surface area contributed by atoms with Gasteiger partial charge in [-0.1, -0.05) is 29.8 Å². The first-order valence-corrected chi connectivity index (χ1v) is 14.9. The van der Waals surface area contributed by atoms with Crippen LogP contribution in [0, 0.1) is 11.2 Å². The first-order valence-electron chi connectivity index (χ1n) is 14.5. The molecule has 8 nitrogen and oxygen atoms in total. The van der Waals surface area contributed by atoms with Gasteiger partial charge in [0, 0.05) is 42.3 Å². The standard InChI is InChI=1S/C32H36ClF4N7O/c1-3-23(11-12-40-28(39)16-32(35,36)37)41-17-20-7-9-24(10-8-20)44-18-22-15-27(42-30(22)43-31(44)45)25-13-21(6-4-5-19(2)38)14-26(33)29(25)34/h3,7-10,13-15,18-19,23,41H,1,4-6,11-12,16-17,38H2,2H3,(H2,39,40)(H,42,43,45)/t19-,23-/m0/s1. The van der Waals surface area contributed by atoms with Gasteiger partial charge < -0.3 is 21.4 Å². The number of H-pyrrole nitrogens is 1. The number of nitrogens with two attached hydrogens (primary N) is 1. The Morgan fingerprint density at radius 3 is 2.60 bits per heavy atom. The highest BCUT2D eigenvalue weighted by Crippen LogP contribution is 2.31.